The maximum Gasteiger partial charge on any atom is 0.268 e. The van der Waals surface area contributed by atoms with Gasteiger partial charge >= 0.3 is 0 Å². The zero-order valence-electron chi connectivity index (χ0n) is 19.2. The van der Waals surface area contributed by atoms with Crippen molar-refractivity contribution in [2.24, 2.45) is 7.05 Å². The molecule has 35 heavy (non-hydrogen) atoms. The number of nitrogens with zero attached hydrogens (tertiary/aromatic N) is 7. The van der Waals surface area contributed by atoms with Gasteiger partial charge in [-0.15, -0.1) is 0 Å². The number of rotatable bonds is 5. The van der Waals surface area contributed by atoms with Crippen LogP contribution >= 0.6 is 0 Å². The first-order valence-corrected chi connectivity index (χ1v) is 11.1. The highest BCUT2D eigenvalue weighted by Crippen LogP contribution is 2.26. The number of halogens is 1. The lowest BCUT2D eigenvalue weighted by Crippen LogP contribution is -2.53. The highest BCUT2D eigenvalue weighted by molar-refractivity contribution is 5.71. The normalized spacial score (nSPS) is 15.9. The third-order valence-corrected chi connectivity index (χ3v) is 6.10. The molecule has 1 aliphatic heterocycles. The van der Waals surface area contributed by atoms with Gasteiger partial charge in [0.2, 0.25) is 11.8 Å². The lowest BCUT2D eigenvalue weighted by molar-refractivity contribution is 0.413. The van der Waals surface area contributed by atoms with Gasteiger partial charge in [-0.1, -0.05) is 5.16 Å². The minimum absolute atomic E-state index is 0.0476. The van der Waals surface area contributed by atoms with E-state index in [0.717, 1.165) is 23.7 Å². The number of hydrogen-bond acceptors (Lipinski definition) is 9. The van der Waals surface area contributed by atoms with Crippen molar-refractivity contribution in [3.05, 3.63) is 70.9 Å². The molecular formula is C24H23FN8O2. The zero-order valence-corrected chi connectivity index (χ0v) is 19.2. The Balaban J connectivity index is 1.36. The summed E-state index contributed by atoms with van der Waals surface area (Å²) in [6.45, 7) is 4.14. The largest absolute Gasteiger partial charge is 0.368 e. The first-order valence-electron chi connectivity index (χ1n) is 11.1. The van der Waals surface area contributed by atoms with Crippen LogP contribution in [0.3, 0.4) is 0 Å². The Bertz CT molecular complexity index is 1430. The molecule has 1 N–H and O–H groups in total. The first-order chi connectivity index (χ1) is 16.9. The number of anilines is 2. The minimum Gasteiger partial charge on any atom is -0.368 e. The molecular weight excluding hydrogens is 451 g/mol. The van der Waals surface area contributed by atoms with Gasteiger partial charge in [0.25, 0.3) is 11.4 Å². The smallest absolute Gasteiger partial charge is 0.268 e. The predicted molar refractivity (Wildman–Crippen MR) is 129 cm³/mol. The number of nitrogens with one attached hydrogen (secondary N) is 1. The maximum absolute atomic E-state index is 14.3. The van der Waals surface area contributed by atoms with Gasteiger partial charge in [-0.25, -0.2) is 9.37 Å². The van der Waals surface area contributed by atoms with E-state index < -0.39 is 5.82 Å². The van der Waals surface area contributed by atoms with Crippen LogP contribution in [0.2, 0.25) is 0 Å². The average molecular weight is 475 g/mol. The molecule has 10 nitrogen and oxygen atoms in total. The van der Waals surface area contributed by atoms with E-state index in [-0.39, 0.29) is 23.1 Å². The van der Waals surface area contributed by atoms with Crippen LogP contribution in [-0.4, -0.2) is 56.6 Å². The van der Waals surface area contributed by atoms with Crippen molar-refractivity contribution < 1.29 is 8.91 Å². The van der Waals surface area contributed by atoms with Gasteiger partial charge in [0.15, 0.2) is 5.82 Å². The van der Waals surface area contributed by atoms with E-state index in [9.17, 15) is 9.18 Å². The third-order valence-electron chi connectivity index (χ3n) is 6.10. The summed E-state index contributed by atoms with van der Waals surface area (Å²) in [4.78, 5) is 29.6. The van der Waals surface area contributed by atoms with Gasteiger partial charge in [0.05, 0.1) is 18.1 Å². The molecule has 3 aromatic heterocycles. The van der Waals surface area contributed by atoms with Crippen LogP contribution in [0.15, 0.2) is 58.1 Å². The molecule has 1 fully saturated rings. The molecule has 0 unspecified atom stereocenters. The summed E-state index contributed by atoms with van der Waals surface area (Å²) >= 11 is 0. The second kappa shape index (κ2) is 9.09. The molecule has 5 rings (SSSR count). The van der Waals surface area contributed by atoms with Crippen molar-refractivity contribution in [3.63, 3.8) is 0 Å². The molecule has 11 heteroatoms. The summed E-state index contributed by atoms with van der Waals surface area (Å²) in [5.41, 5.74) is 2.14. The summed E-state index contributed by atoms with van der Waals surface area (Å²) in [6.07, 6.45) is 3.61. The van der Waals surface area contributed by atoms with E-state index in [0.29, 0.717) is 37.1 Å². The molecule has 178 valence electrons. The van der Waals surface area contributed by atoms with Gasteiger partial charge in [0.1, 0.15) is 0 Å². The van der Waals surface area contributed by atoms with Crippen molar-refractivity contribution in [1.82, 2.24) is 24.7 Å². The van der Waals surface area contributed by atoms with E-state index in [1.54, 1.807) is 7.05 Å². The zero-order chi connectivity index (χ0) is 24.5. The molecule has 1 aliphatic rings. The number of aromatic nitrogens is 5. The monoisotopic (exact) mass is 474 g/mol. The molecule has 0 saturated carbocycles. The number of hydrogen-bond donors (Lipinski definition) is 1. The summed E-state index contributed by atoms with van der Waals surface area (Å²) in [7, 11) is 1.68. The molecule has 1 saturated heterocycles. The van der Waals surface area contributed by atoms with Crippen LogP contribution < -0.4 is 15.4 Å². The second-order valence-electron chi connectivity index (χ2n) is 8.33. The topological polar surface area (TPSA) is 117 Å². The Kier molecular flexibility index (Phi) is 5.81. The van der Waals surface area contributed by atoms with E-state index in [4.69, 9.17) is 9.93 Å². The van der Waals surface area contributed by atoms with Crippen molar-refractivity contribution in [3.8, 4) is 22.6 Å². The molecule has 0 radical (unpaired) electrons. The Hall–Kier alpha value is -4.41. The van der Waals surface area contributed by atoms with Gasteiger partial charge < -0.3 is 19.7 Å². The molecule has 0 aliphatic carbocycles. The molecule has 4 aromatic rings. The van der Waals surface area contributed by atoms with Crippen molar-refractivity contribution in [2.45, 2.75) is 13.0 Å². The SMILES string of the molecule is C[C@@H]1CN(c2ccc(-c3noc(C=N)n3)cc2)CCN1c1nc(-c2ccncc2F)cc(=O)n1C. The Morgan fingerprint density at radius 2 is 1.97 bits per heavy atom. The molecule has 0 spiro atoms. The van der Waals surface area contributed by atoms with Crippen LogP contribution in [-0.2, 0) is 7.05 Å². The number of benzene rings is 1. The van der Waals surface area contributed by atoms with E-state index in [2.05, 4.69) is 36.8 Å². The third kappa shape index (κ3) is 4.27. The molecule has 0 amide bonds. The summed E-state index contributed by atoms with van der Waals surface area (Å²) in [5.74, 6) is 0.583. The Morgan fingerprint density at radius 3 is 2.66 bits per heavy atom. The summed E-state index contributed by atoms with van der Waals surface area (Å²) < 4.78 is 20.8. The summed E-state index contributed by atoms with van der Waals surface area (Å²) in [6, 6.07) is 10.8. The van der Waals surface area contributed by atoms with Crippen molar-refractivity contribution in [1.29, 1.82) is 5.41 Å². The fraction of sp³-hybridized carbons (Fsp3) is 0.250. The predicted octanol–water partition coefficient (Wildman–Crippen LogP) is 2.74. The maximum atomic E-state index is 14.3. The van der Waals surface area contributed by atoms with Crippen molar-refractivity contribution >= 4 is 17.9 Å². The fourth-order valence-corrected chi connectivity index (χ4v) is 4.23. The van der Waals surface area contributed by atoms with Crippen LogP contribution in [0.5, 0.6) is 0 Å². The lowest BCUT2D eigenvalue weighted by Gasteiger charge is -2.42. The van der Waals surface area contributed by atoms with Crippen LogP contribution in [0.4, 0.5) is 16.0 Å². The average Bonchev–Trinajstić information content (AvgIpc) is 3.36. The van der Waals surface area contributed by atoms with Crippen LogP contribution in [0, 0.1) is 11.2 Å². The van der Waals surface area contributed by atoms with E-state index in [1.807, 2.05) is 24.3 Å². The van der Waals surface area contributed by atoms with Gasteiger partial charge in [-0.3, -0.25) is 14.3 Å². The Morgan fingerprint density at radius 1 is 1.17 bits per heavy atom. The summed E-state index contributed by atoms with van der Waals surface area (Å²) in [5, 5.41) is 11.1. The van der Waals surface area contributed by atoms with Crippen LogP contribution in [0.25, 0.3) is 22.6 Å². The second-order valence-corrected chi connectivity index (χ2v) is 8.33. The first kappa shape index (κ1) is 22.4. The van der Waals surface area contributed by atoms with Gasteiger partial charge in [0, 0.05) is 61.8 Å². The molecule has 0 bridgehead atoms. The Labute approximate surface area is 200 Å². The number of pyridine rings is 1. The fourth-order valence-electron chi connectivity index (χ4n) is 4.23. The lowest BCUT2D eigenvalue weighted by atomic mass is 10.1. The minimum atomic E-state index is -0.518. The van der Waals surface area contributed by atoms with Crippen LogP contribution in [0.1, 0.15) is 12.8 Å². The van der Waals surface area contributed by atoms with E-state index >= 15 is 0 Å². The van der Waals surface area contributed by atoms with Gasteiger partial charge in [-0.2, -0.15) is 4.98 Å². The van der Waals surface area contributed by atoms with Gasteiger partial charge in [-0.05, 0) is 37.3 Å². The molecule has 4 heterocycles. The standard InChI is InChI=1S/C24H23FN8O2/c1-15-14-32(17-5-3-16(4-6-17)23-29-21(12-26)35-30-23)9-10-33(15)24-28-20(11-22(34)31(24)2)18-7-8-27-13-19(18)25/h3-8,11-13,15,26H,9-10,14H2,1-2H3/t15-/m1/s1. The van der Waals surface area contributed by atoms with Crippen molar-refractivity contribution in [2.75, 3.05) is 29.4 Å². The highest BCUT2D eigenvalue weighted by atomic mass is 19.1. The quantitative estimate of drug-likeness (QED) is 0.439. The highest BCUT2D eigenvalue weighted by Gasteiger charge is 2.27. The molecule has 1 aromatic carbocycles. The van der Waals surface area contributed by atoms with E-state index in [1.165, 1.54) is 22.9 Å². The molecule has 1 atom stereocenters. The number of piperazine rings is 1.